The van der Waals surface area contributed by atoms with Gasteiger partial charge in [0.15, 0.2) is 5.75 Å². The van der Waals surface area contributed by atoms with E-state index in [1.165, 1.54) is 0 Å². The van der Waals surface area contributed by atoms with E-state index in [4.69, 9.17) is 10.5 Å². The highest BCUT2D eigenvalue weighted by Crippen LogP contribution is 2.12. The molecule has 1 unspecified atom stereocenters. The van der Waals surface area contributed by atoms with Crippen LogP contribution in [0.1, 0.15) is 26.7 Å². The average Bonchev–Trinajstić information content (AvgIpc) is 2.65. The molecule has 0 aliphatic carbocycles. The summed E-state index contributed by atoms with van der Waals surface area (Å²) < 4.78 is 7.52. The third-order valence-electron chi connectivity index (χ3n) is 2.11. The van der Waals surface area contributed by atoms with Crippen molar-refractivity contribution in [3.63, 3.8) is 0 Å². The lowest BCUT2D eigenvalue weighted by Crippen LogP contribution is -2.26. The van der Waals surface area contributed by atoms with Crippen molar-refractivity contribution in [1.29, 1.82) is 0 Å². The van der Waals surface area contributed by atoms with Gasteiger partial charge in [-0.2, -0.15) is 5.10 Å². The Morgan fingerprint density at radius 2 is 2.36 bits per heavy atom. The van der Waals surface area contributed by atoms with Crippen LogP contribution in [0.4, 0.5) is 0 Å². The fourth-order valence-corrected chi connectivity index (χ4v) is 1.32. The first kappa shape index (κ1) is 11.0. The third-order valence-corrected chi connectivity index (χ3v) is 2.11. The Morgan fingerprint density at radius 1 is 1.57 bits per heavy atom. The molecule has 80 valence electrons. The van der Waals surface area contributed by atoms with Crippen molar-refractivity contribution in [3.05, 3.63) is 12.4 Å². The van der Waals surface area contributed by atoms with Crippen molar-refractivity contribution in [2.24, 2.45) is 5.73 Å². The molecule has 1 rings (SSSR count). The molecule has 0 spiro atoms. The van der Waals surface area contributed by atoms with E-state index in [2.05, 4.69) is 12.0 Å². The van der Waals surface area contributed by atoms with Crippen LogP contribution in [0.3, 0.4) is 0 Å². The van der Waals surface area contributed by atoms with Crippen molar-refractivity contribution in [3.8, 4) is 5.75 Å². The summed E-state index contributed by atoms with van der Waals surface area (Å²) >= 11 is 0. The van der Waals surface area contributed by atoms with E-state index in [-0.39, 0.29) is 6.10 Å². The summed E-state index contributed by atoms with van der Waals surface area (Å²) in [6.45, 7) is 5.60. The molecule has 14 heavy (non-hydrogen) atoms. The lowest BCUT2D eigenvalue weighted by atomic mass is 10.2. The van der Waals surface area contributed by atoms with E-state index in [1.54, 1.807) is 6.20 Å². The van der Waals surface area contributed by atoms with Gasteiger partial charge < -0.3 is 10.5 Å². The van der Waals surface area contributed by atoms with E-state index >= 15 is 0 Å². The van der Waals surface area contributed by atoms with Crippen molar-refractivity contribution in [1.82, 2.24) is 9.78 Å². The second-order valence-corrected chi connectivity index (χ2v) is 3.30. The predicted octanol–water partition coefficient (Wildman–Crippen LogP) is 1.41. The number of aromatic nitrogens is 2. The van der Waals surface area contributed by atoms with E-state index in [0.717, 1.165) is 25.1 Å². The minimum Gasteiger partial charge on any atom is -0.486 e. The van der Waals surface area contributed by atoms with Gasteiger partial charge in [0.05, 0.1) is 12.4 Å². The second-order valence-electron chi connectivity index (χ2n) is 3.30. The Hall–Kier alpha value is -1.03. The molecule has 2 N–H and O–H groups in total. The highest BCUT2D eigenvalue weighted by molar-refractivity contribution is 5.12. The van der Waals surface area contributed by atoms with Crippen LogP contribution in [0.2, 0.25) is 0 Å². The first-order chi connectivity index (χ1) is 6.80. The first-order valence-electron chi connectivity index (χ1n) is 5.19. The minimum absolute atomic E-state index is 0.120. The highest BCUT2D eigenvalue weighted by Gasteiger charge is 2.08. The molecular weight excluding hydrogens is 178 g/mol. The second kappa shape index (κ2) is 5.65. The summed E-state index contributed by atoms with van der Waals surface area (Å²) in [5, 5.41) is 4.13. The molecule has 0 saturated carbocycles. The molecule has 4 heteroatoms. The lowest BCUT2D eigenvalue weighted by Gasteiger charge is -2.14. The standard InChI is InChI=1S/C10H19N3O/c1-3-5-9(6-11)14-10-7-12-13(4-2)8-10/h7-9H,3-6,11H2,1-2H3. The summed E-state index contributed by atoms with van der Waals surface area (Å²) in [7, 11) is 0. The topological polar surface area (TPSA) is 53.1 Å². The number of nitrogens with two attached hydrogens (primary N) is 1. The van der Waals surface area contributed by atoms with Gasteiger partial charge in [0.1, 0.15) is 6.10 Å². The summed E-state index contributed by atoms with van der Waals surface area (Å²) in [5.74, 6) is 0.816. The quantitative estimate of drug-likeness (QED) is 0.750. The van der Waals surface area contributed by atoms with Crippen LogP contribution >= 0.6 is 0 Å². The lowest BCUT2D eigenvalue weighted by molar-refractivity contribution is 0.198. The molecule has 0 bridgehead atoms. The number of rotatable bonds is 6. The largest absolute Gasteiger partial charge is 0.486 e. The molecule has 4 nitrogen and oxygen atoms in total. The Balaban J connectivity index is 2.48. The summed E-state index contributed by atoms with van der Waals surface area (Å²) in [5.41, 5.74) is 5.59. The minimum atomic E-state index is 0.120. The number of ether oxygens (including phenoxy) is 1. The molecule has 0 radical (unpaired) electrons. The zero-order valence-electron chi connectivity index (χ0n) is 8.94. The number of aryl methyl sites for hydroxylation is 1. The highest BCUT2D eigenvalue weighted by atomic mass is 16.5. The summed E-state index contributed by atoms with van der Waals surface area (Å²) in [4.78, 5) is 0. The average molecular weight is 197 g/mol. The monoisotopic (exact) mass is 197 g/mol. The van der Waals surface area contributed by atoms with E-state index in [1.807, 2.05) is 17.8 Å². The van der Waals surface area contributed by atoms with Gasteiger partial charge in [-0.3, -0.25) is 4.68 Å². The zero-order valence-corrected chi connectivity index (χ0v) is 8.94. The van der Waals surface area contributed by atoms with Crippen LogP contribution in [0, 0.1) is 0 Å². The van der Waals surface area contributed by atoms with Gasteiger partial charge in [-0.05, 0) is 13.3 Å². The van der Waals surface area contributed by atoms with Crippen molar-refractivity contribution >= 4 is 0 Å². The maximum absolute atomic E-state index is 5.68. The molecule has 1 aromatic rings. The smallest absolute Gasteiger partial charge is 0.157 e. The van der Waals surface area contributed by atoms with E-state index < -0.39 is 0 Å². The van der Waals surface area contributed by atoms with Crippen molar-refractivity contribution < 1.29 is 4.74 Å². The van der Waals surface area contributed by atoms with Crippen LogP contribution in [0.15, 0.2) is 12.4 Å². The third kappa shape index (κ3) is 3.03. The van der Waals surface area contributed by atoms with Crippen molar-refractivity contribution in [2.75, 3.05) is 6.54 Å². The van der Waals surface area contributed by atoms with Gasteiger partial charge in [0.2, 0.25) is 0 Å². The Labute approximate surface area is 85.0 Å². The van der Waals surface area contributed by atoms with Crippen LogP contribution in [-0.2, 0) is 6.54 Å². The summed E-state index contributed by atoms with van der Waals surface area (Å²) in [6.07, 6.45) is 5.84. The first-order valence-corrected chi connectivity index (χ1v) is 5.19. The molecule has 1 atom stereocenters. The van der Waals surface area contributed by atoms with Gasteiger partial charge >= 0.3 is 0 Å². The summed E-state index contributed by atoms with van der Waals surface area (Å²) in [6, 6.07) is 0. The molecular formula is C10H19N3O. The van der Waals surface area contributed by atoms with Gasteiger partial charge in [0, 0.05) is 13.1 Å². The SMILES string of the molecule is CCCC(CN)Oc1cnn(CC)c1. The number of hydrogen-bond acceptors (Lipinski definition) is 3. The van der Waals surface area contributed by atoms with Crippen LogP contribution in [0.25, 0.3) is 0 Å². The number of nitrogens with zero attached hydrogens (tertiary/aromatic N) is 2. The maximum atomic E-state index is 5.68. The Kier molecular flexibility index (Phi) is 4.46. The molecule has 0 aliphatic heterocycles. The fourth-order valence-electron chi connectivity index (χ4n) is 1.32. The predicted molar refractivity (Wildman–Crippen MR) is 56.3 cm³/mol. The normalized spacial score (nSPS) is 12.8. The Bertz CT molecular complexity index is 260. The van der Waals surface area contributed by atoms with Crippen LogP contribution < -0.4 is 10.5 Å². The van der Waals surface area contributed by atoms with Gasteiger partial charge in [-0.25, -0.2) is 0 Å². The molecule has 0 aliphatic rings. The van der Waals surface area contributed by atoms with Gasteiger partial charge in [-0.15, -0.1) is 0 Å². The van der Waals surface area contributed by atoms with Gasteiger partial charge in [0.25, 0.3) is 0 Å². The molecule has 1 aromatic heterocycles. The molecule has 0 amide bonds. The number of hydrogen-bond donors (Lipinski definition) is 1. The van der Waals surface area contributed by atoms with Crippen molar-refractivity contribution in [2.45, 2.75) is 39.3 Å². The molecule has 0 aromatic carbocycles. The Morgan fingerprint density at radius 3 is 2.86 bits per heavy atom. The van der Waals surface area contributed by atoms with Gasteiger partial charge in [-0.1, -0.05) is 13.3 Å². The molecule has 0 fully saturated rings. The van der Waals surface area contributed by atoms with Crippen LogP contribution in [-0.4, -0.2) is 22.4 Å². The molecule has 0 saturated heterocycles. The van der Waals surface area contributed by atoms with E-state index in [9.17, 15) is 0 Å². The molecule has 1 heterocycles. The van der Waals surface area contributed by atoms with Crippen LogP contribution in [0.5, 0.6) is 5.75 Å². The maximum Gasteiger partial charge on any atom is 0.157 e. The zero-order chi connectivity index (χ0) is 10.4. The fraction of sp³-hybridized carbons (Fsp3) is 0.700. The van der Waals surface area contributed by atoms with E-state index in [0.29, 0.717) is 6.54 Å².